The van der Waals surface area contributed by atoms with Crippen LogP contribution in [0.2, 0.25) is 0 Å². The van der Waals surface area contributed by atoms with Gasteiger partial charge in [-0.1, -0.05) is 0 Å². The second-order valence-corrected chi connectivity index (χ2v) is 5.57. The van der Waals surface area contributed by atoms with E-state index in [0.717, 1.165) is 0 Å². The summed E-state index contributed by atoms with van der Waals surface area (Å²) in [6, 6.07) is 3.65. The number of hydrogen-bond donors (Lipinski definition) is 2. The van der Waals surface area contributed by atoms with Gasteiger partial charge in [-0.05, 0) is 34.6 Å². The average molecular weight is 333 g/mol. The van der Waals surface area contributed by atoms with E-state index in [9.17, 15) is 0 Å². The van der Waals surface area contributed by atoms with Crippen LogP contribution in [0.4, 0.5) is 11.9 Å². The summed E-state index contributed by atoms with van der Waals surface area (Å²) in [5.41, 5.74) is 0. The standard InChI is InChI=1S/C15H23N7O2/c1-6-16-13-18-14(17-9(2)3)20-15(19-13)24-12-8-7-11(21-22-12)23-10(4)5/h7-10H,6H2,1-5H3,(H2,16,17,18,19,20). The Morgan fingerprint density at radius 2 is 1.62 bits per heavy atom. The smallest absolute Gasteiger partial charge is 0.330 e. The molecule has 0 radical (unpaired) electrons. The van der Waals surface area contributed by atoms with Crippen LogP contribution in [0.1, 0.15) is 34.6 Å². The van der Waals surface area contributed by atoms with Gasteiger partial charge >= 0.3 is 6.01 Å². The summed E-state index contributed by atoms with van der Waals surface area (Å²) >= 11 is 0. The van der Waals surface area contributed by atoms with Gasteiger partial charge in [-0.25, -0.2) is 0 Å². The molecule has 24 heavy (non-hydrogen) atoms. The van der Waals surface area contributed by atoms with E-state index in [4.69, 9.17) is 9.47 Å². The monoisotopic (exact) mass is 333 g/mol. The third-order valence-corrected chi connectivity index (χ3v) is 2.54. The van der Waals surface area contributed by atoms with Crippen LogP contribution in [0.15, 0.2) is 12.1 Å². The Labute approximate surface area is 141 Å². The molecule has 0 atom stereocenters. The quantitative estimate of drug-likeness (QED) is 0.753. The Hall–Kier alpha value is -2.71. The van der Waals surface area contributed by atoms with Crippen LogP contribution in [-0.4, -0.2) is 43.8 Å². The maximum atomic E-state index is 5.58. The highest BCUT2D eigenvalue weighted by Gasteiger charge is 2.10. The maximum Gasteiger partial charge on any atom is 0.330 e. The molecule has 2 aromatic rings. The first-order valence-corrected chi connectivity index (χ1v) is 7.91. The lowest BCUT2D eigenvalue weighted by Gasteiger charge is -2.11. The van der Waals surface area contributed by atoms with E-state index in [0.29, 0.717) is 24.3 Å². The molecule has 0 saturated carbocycles. The summed E-state index contributed by atoms with van der Waals surface area (Å²) in [5.74, 6) is 1.57. The van der Waals surface area contributed by atoms with Crippen LogP contribution >= 0.6 is 0 Å². The molecule has 0 fully saturated rings. The van der Waals surface area contributed by atoms with Gasteiger partial charge in [-0.3, -0.25) is 0 Å². The van der Waals surface area contributed by atoms with Crippen molar-refractivity contribution in [2.75, 3.05) is 17.2 Å². The molecule has 2 N–H and O–H groups in total. The molecule has 0 aliphatic heterocycles. The van der Waals surface area contributed by atoms with E-state index >= 15 is 0 Å². The predicted molar refractivity (Wildman–Crippen MR) is 90.6 cm³/mol. The second-order valence-electron chi connectivity index (χ2n) is 5.57. The van der Waals surface area contributed by atoms with E-state index in [2.05, 4.69) is 35.8 Å². The number of ether oxygens (including phenoxy) is 2. The first-order chi connectivity index (χ1) is 11.5. The Bertz CT molecular complexity index is 647. The van der Waals surface area contributed by atoms with Crippen molar-refractivity contribution in [1.29, 1.82) is 0 Å². The summed E-state index contributed by atoms with van der Waals surface area (Å²) in [5, 5.41) is 14.1. The van der Waals surface area contributed by atoms with Crippen LogP contribution in [0.3, 0.4) is 0 Å². The molecule has 9 nitrogen and oxygen atoms in total. The number of rotatable bonds is 8. The van der Waals surface area contributed by atoms with Gasteiger partial charge in [0.05, 0.1) is 6.10 Å². The summed E-state index contributed by atoms with van der Waals surface area (Å²) < 4.78 is 11.0. The molecule has 0 aliphatic carbocycles. The third-order valence-electron chi connectivity index (χ3n) is 2.54. The van der Waals surface area contributed by atoms with Crippen molar-refractivity contribution in [3.63, 3.8) is 0 Å². The summed E-state index contributed by atoms with van der Waals surface area (Å²) in [6.45, 7) is 10.5. The van der Waals surface area contributed by atoms with Crippen molar-refractivity contribution in [3.05, 3.63) is 12.1 Å². The predicted octanol–water partition coefficient (Wildman–Crippen LogP) is 2.49. The summed E-state index contributed by atoms with van der Waals surface area (Å²) in [6.07, 6.45) is 0.0296. The van der Waals surface area contributed by atoms with Crippen LogP contribution in [-0.2, 0) is 0 Å². The zero-order chi connectivity index (χ0) is 17.5. The minimum atomic E-state index is 0.0296. The molecule has 9 heteroatoms. The van der Waals surface area contributed by atoms with Crippen LogP contribution < -0.4 is 20.1 Å². The normalized spacial score (nSPS) is 10.8. The molecule has 0 saturated heterocycles. The van der Waals surface area contributed by atoms with Gasteiger partial charge in [-0.15, -0.1) is 10.2 Å². The van der Waals surface area contributed by atoms with E-state index in [-0.39, 0.29) is 24.0 Å². The lowest BCUT2D eigenvalue weighted by molar-refractivity contribution is 0.228. The number of nitrogens with zero attached hydrogens (tertiary/aromatic N) is 5. The number of anilines is 2. The van der Waals surface area contributed by atoms with Crippen molar-refractivity contribution in [2.45, 2.75) is 46.8 Å². The van der Waals surface area contributed by atoms with Gasteiger partial charge in [0.1, 0.15) is 0 Å². The molecule has 2 aromatic heterocycles. The highest BCUT2D eigenvalue weighted by molar-refractivity contribution is 5.37. The van der Waals surface area contributed by atoms with Crippen molar-refractivity contribution in [1.82, 2.24) is 25.1 Å². The number of aromatic nitrogens is 5. The fourth-order valence-electron chi connectivity index (χ4n) is 1.72. The zero-order valence-corrected chi connectivity index (χ0v) is 14.6. The molecule has 2 heterocycles. The topological polar surface area (TPSA) is 107 Å². The maximum absolute atomic E-state index is 5.58. The fourth-order valence-corrected chi connectivity index (χ4v) is 1.72. The summed E-state index contributed by atoms with van der Waals surface area (Å²) in [4.78, 5) is 12.7. The molecule has 0 spiro atoms. The zero-order valence-electron chi connectivity index (χ0n) is 14.6. The Morgan fingerprint density at radius 3 is 2.21 bits per heavy atom. The van der Waals surface area contributed by atoms with Gasteiger partial charge in [0, 0.05) is 24.7 Å². The largest absolute Gasteiger partial charge is 0.474 e. The lowest BCUT2D eigenvalue weighted by atomic mass is 10.4. The fraction of sp³-hybridized carbons (Fsp3) is 0.533. The summed E-state index contributed by atoms with van der Waals surface area (Å²) in [7, 11) is 0. The molecular formula is C15H23N7O2. The van der Waals surface area contributed by atoms with Crippen LogP contribution in [0.5, 0.6) is 17.8 Å². The number of hydrogen-bond acceptors (Lipinski definition) is 9. The van der Waals surface area contributed by atoms with Crippen LogP contribution in [0.25, 0.3) is 0 Å². The Kier molecular flexibility index (Phi) is 6.05. The molecular weight excluding hydrogens is 310 g/mol. The van der Waals surface area contributed by atoms with Gasteiger partial charge in [0.2, 0.25) is 23.7 Å². The first-order valence-electron chi connectivity index (χ1n) is 7.91. The molecule has 0 aromatic carbocycles. The second kappa shape index (κ2) is 8.23. The Morgan fingerprint density at radius 1 is 0.958 bits per heavy atom. The van der Waals surface area contributed by atoms with Gasteiger partial charge < -0.3 is 20.1 Å². The van der Waals surface area contributed by atoms with E-state index in [1.54, 1.807) is 12.1 Å². The molecule has 2 rings (SSSR count). The Balaban J connectivity index is 2.16. The van der Waals surface area contributed by atoms with Crippen LogP contribution in [0, 0.1) is 0 Å². The highest BCUT2D eigenvalue weighted by Crippen LogP contribution is 2.19. The molecule has 0 unspecified atom stereocenters. The van der Waals surface area contributed by atoms with E-state index < -0.39 is 0 Å². The van der Waals surface area contributed by atoms with E-state index in [1.165, 1.54) is 0 Å². The molecule has 130 valence electrons. The van der Waals surface area contributed by atoms with Gasteiger partial charge in [-0.2, -0.15) is 15.0 Å². The SMILES string of the molecule is CCNc1nc(NC(C)C)nc(Oc2ccc(OC(C)C)nn2)n1. The molecule has 0 amide bonds. The first kappa shape index (κ1) is 17.6. The minimum absolute atomic E-state index is 0.0296. The molecule has 0 aliphatic rings. The van der Waals surface area contributed by atoms with Crippen molar-refractivity contribution in [2.24, 2.45) is 0 Å². The third kappa shape index (κ3) is 5.49. The highest BCUT2D eigenvalue weighted by atomic mass is 16.5. The van der Waals surface area contributed by atoms with Crippen molar-refractivity contribution in [3.8, 4) is 17.8 Å². The molecule has 0 bridgehead atoms. The van der Waals surface area contributed by atoms with Gasteiger partial charge in [0.25, 0.3) is 0 Å². The lowest BCUT2D eigenvalue weighted by Crippen LogP contribution is -2.15. The van der Waals surface area contributed by atoms with Crippen molar-refractivity contribution < 1.29 is 9.47 Å². The van der Waals surface area contributed by atoms with E-state index in [1.807, 2.05) is 34.6 Å². The van der Waals surface area contributed by atoms with Crippen molar-refractivity contribution >= 4 is 11.9 Å². The van der Waals surface area contributed by atoms with Gasteiger partial charge in [0.15, 0.2) is 0 Å². The number of nitrogens with one attached hydrogen (secondary N) is 2. The minimum Gasteiger partial charge on any atom is -0.474 e. The average Bonchev–Trinajstić information content (AvgIpc) is 2.48.